The van der Waals surface area contributed by atoms with Gasteiger partial charge in [-0.3, -0.25) is 4.79 Å². The highest BCUT2D eigenvalue weighted by Gasteiger charge is 2.32. The first kappa shape index (κ1) is 19.9. The molecule has 0 spiro atoms. The molecule has 1 amide bonds. The fourth-order valence-corrected chi connectivity index (χ4v) is 5.85. The quantitative estimate of drug-likeness (QED) is 0.652. The first-order chi connectivity index (χ1) is 12.0. The van der Waals surface area contributed by atoms with Gasteiger partial charge in [0.25, 0.3) is 5.91 Å². The minimum Gasteiger partial charge on any atom is -0.349 e. The SMILES string of the molecule is CC(C)(C)C1CCC(NC(=O)c2cc3c(s2)CC[C@@H](C(C)(C)C)C3)CC1. The summed E-state index contributed by atoms with van der Waals surface area (Å²) in [7, 11) is 0. The lowest BCUT2D eigenvalue weighted by atomic mass is 9.71. The third-order valence-corrected chi connectivity index (χ3v) is 8.05. The van der Waals surface area contributed by atoms with Crippen LogP contribution in [0.5, 0.6) is 0 Å². The number of rotatable bonds is 2. The molecule has 0 bridgehead atoms. The number of nitrogens with one attached hydrogen (secondary N) is 1. The molecule has 0 saturated heterocycles. The Morgan fingerprint density at radius 3 is 2.15 bits per heavy atom. The van der Waals surface area contributed by atoms with Crippen molar-refractivity contribution in [3.05, 3.63) is 21.4 Å². The predicted molar refractivity (Wildman–Crippen MR) is 112 cm³/mol. The van der Waals surface area contributed by atoms with Gasteiger partial charge < -0.3 is 5.32 Å². The van der Waals surface area contributed by atoms with E-state index >= 15 is 0 Å². The predicted octanol–water partition coefficient (Wildman–Crippen LogP) is 6.23. The fourth-order valence-electron chi connectivity index (χ4n) is 4.74. The van der Waals surface area contributed by atoms with Crippen molar-refractivity contribution >= 4 is 17.2 Å². The lowest BCUT2D eigenvalue weighted by molar-refractivity contribution is 0.0908. The summed E-state index contributed by atoms with van der Waals surface area (Å²) in [5.41, 5.74) is 2.18. The molecule has 1 atom stereocenters. The van der Waals surface area contributed by atoms with Gasteiger partial charge in [0.1, 0.15) is 0 Å². The number of thiophene rings is 1. The maximum Gasteiger partial charge on any atom is 0.261 e. The van der Waals surface area contributed by atoms with Crippen LogP contribution >= 0.6 is 11.3 Å². The molecule has 1 aromatic heterocycles. The largest absolute Gasteiger partial charge is 0.349 e. The van der Waals surface area contributed by atoms with Crippen LogP contribution in [0.4, 0.5) is 0 Å². The monoisotopic (exact) mass is 375 g/mol. The highest BCUT2D eigenvalue weighted by Crippen LogP contribution is 2.40. The van der Waals surface area contributed by atoms with Crippen molar-refractivity contribution in [2.45, 2.75) is 92.5 Å². The summed E-state index contributed by atoms with van der Waals surface area (Å²) in [6, 6.07) is 2.55. The summed E-state index contributed by atoms with van der Waals surface area (Å²) < 4.78 is 0. The number of amides is 1. The van der Waals surface area contributed by atoms with Crippen LogP contribution in [0.15, 0.2) is 6.07 Å². The third kappa shape index (κ3) is 4.52. The Labute approximate surface area is 164 Å². The van der Waals surface area contributed by atoms with E-state index in [0.29, 0.717) is 16.9 Å². The van der Waals surface area contributed by atoms with Crippen LogP contribution in [-0.4, -0.2) is 11.9 Å². The van der Waals surface area contributed by atoms with E-state index in [1.165, 1.54) is 29.7 Å². The molecule has 0 unspecified atom stereocenters. The average Bonchev–Trinajstić information content (AvgIpc) is 2.97. The van der Waals surface area contributed by atoms with Crippen molar-refractivity contribution in [1.82, 2.24) is 5.32 Å². The summed E-state index contributed by atoms with van der Waals surface area (Å²) in [6.45, 7) is 14.1. The second-order valence-corrected chi connectivity index (χ2v) is 11.9. The molecule has 0 aliphatic heterocycles. The van der Waals surface area contributed by atoms with E-state index in [-0.39, 0.29) is 5.91 Å². The molecule has 1 heterocycles. The molecule has 146 valence electrons. The van der Waals surface area contributed by atoms with Crippen LogP contribution in [0.1, 0.15) is 93.8 Å². The zero-order valence-corrected chi connectivity index (χ0v) is 18.4. The highest BCUT2D eigenvalue weighted by atomic mass is 32.1. The molecule has 0 aromatic carbocycles. The molecule has 3 heteroatoms. The van der Waals surface area contributed by atoms with Gasteiger partial charge in [-0.05, 0) is 79.2 Å². The highest BCUT2D eigenvalue weighted by molar-refractivity contribution is 7.14. The minimum atomic E-state index is 0.163. The Bertz CT molecular complexity index is 638. The van der Waals surface area contributed by atoms with Crippen molar-refractivity contribution in [1.29, 1.82) is 0 Å². The Balaban J connectivity index is 1.58. The Kier molecular flexibility index (Phi) is 5.59. The molecular weight excluding hydrogens is 338 g/mol. The van der Waals surface area contributed by atoms with Crippen molar-refractivity contribution in [3.8, 4) is 0 Å². The number of carbonyl (C=O) groups excluding carboxylic acids is 1. The summed E-state index contributed by atoms with van der Waals surface area (Å²) in [4.78, 5) is 15.2. The van der Waals surface area contributed by atoms with E-state index < -0.39 is 0 Å². The number of hydrogen-bond donors (Lipinski definition) is 1. The van der Waals surface area contributed by atoms with Crippen LogP contribution in [0, 0.1) is 22.7 Å². The summed E-state index contributed by atoms with van der Waals surface area (Å²) in [6.07, 6.45) is 8.28. The summed E-state index contributed by atoms with van der Waals surface area (Å²) in [5.74, 6) is 1.68. The van der Waals surface area contributed by atoms with Gasteiger partial charge in [-0.1, -0.05) is 41.5 Å². The van der Waals surface area contributed by atoms with Crippen molar-refractivity contribution in [3.63, 3.8) is 0 Å². The summed E-state index contributed by atoms with van der Waals surface area (Å²) >= 11 is 1.74. The average molecular weight is 376 g/mol. The van der Waals surface area contributed by atoms with Gasteiger partial charge in [-0.2, -0.15) is 0 Å². The molecule has 3 rings (SSSR count). The first-order valence-corrected chi connectivity index (χ1v) is 11.3. The maximum absolute atomic E-state index is 12.8. The molecular formula is C23H37NOS. The summed E-state index contributed by atoms with van der Waals surface area (Å²) in [5, 5.41) is 3.33. The van der Waals surface area contributed by atoms with E-state index in [4.69, 9.17) is 0 Å². The van der Waals surface area contributed by atoms with Crippen LogP contribution < -0.4 is 5.32 Å². The van der Waals surface area contributed by atoms with Crippen LogP contribution in [0.2, 0.25) is 0 Å². The number of fused-ring (bicyclic) bond motifs is 1. The van der Waals surface area contributed by atoms with Gasteiger partial charge in [-0.15, -0.1) is 11.3 Å². The number of aryl methyl sites for hydroxylation is 1. The van der Waals surface area contributed by atoms with Gasteiger partial charge in [-0.25, -0.2) is 0 Å². The van der Waals surface area contributed by atoms with E-state index in [1.54, 1.807) is 11.3 Å². The van der Waals surface area contributed by atoms with Gasteiger partial charge in [0, 0.05) is 10.9 Å². The van der Waals surface area contributed by atoms with Gasteiger partial charge in [0.2, 0.25) is 0 Å². The molecule has 2 aliphatic carbocycles. The Morgan fingerprint density at radius 2 is 1.58 bits per heavy atom. The fraction of sp³-hybridized carbons (Fsp3) is 0.783. The lowest BCUT2D eigenvalue weighted by Crippen LogP contribution is -2.39. The second-order valence-electron chi connectivity index (χ2n) is 10.8. The molecule has 1 saturated carbocycles. The number of carbonyl (C=O) groups is 1. The van der Waals surface area contributed by atoms with E-state index in [2.05, 4.69) is 52.9 Å². The van der Waals surface area contributed by atoms with Crippen molar-refractivity contribution < 1.29 is 4.79 Å². The topological polar surface area (TPSA) is 29.1 Å². The zero-order valence-electron chi connectivity index (χ0n) is 17.6. The van der Waals surface area contributed by atoms with Crippen molar-refractivity contribution in [2.75, 3.05) is 0 Å². The van der Waals surface area contributed by atoms with Crippen LogP contribution in [-0.2, 0) is 12.8 Å². The van der Waals surface area contributed by atoms with Gasteiger partial charge in [0.05, 0.1) is 4.88 Å². The second kappa shape index (κ2) is 7.30. The van der Waals surface area contributed by atoms with E-state index in [0.717, 1.165) is 42.4 Å². The number of hydrogen-bond acceptors (Lipinski definition) is 2. The van der Waals surface area contributed by atoms with E-state index in [1.807, 2.05) is 0 Å². The maximum atomic E-state index is 12.8. The lowest BCUT2D eigenvalue weighted by Gasteiger charge is -2.37. The smallest absolute Gasteiger partial charge is 0.261 e. The minimum absolute atomic E-state index is 0.163. The van der Waals surface area contributed by atoms with Crippen LogP contribution in [0.25, 0.3) is 0 Å². The Morgan fingerprint density at radius 1 is 0.962 bits per heavy atom. The first-order valence-electron chi connectivity index (χ1n) is 10.5. The zero-order chi connectivity index (χ0) is 19.1. The molecule has 2 nitrogen and oxygen atoms in total. The molecule has 26 heavy (non-hydrogen) atoms. The van der Waals surface area contributed by atoms with E-state index in [9.17, 15) is 4.79 Å². The van der Waals surface area contributed by atoms with Crippen LogP contribution in [0.3, 0.4) is 0 Å². The molecule has 1 fully saturated rings. The van der Waals surface area contributed by atoms with Gasteiger partial charge in [0.15, 0.2) is 0 Å². The molecule has 1 aromatic rings. The third-order valence-electron chi connectivity index (χ3n) is 6.82. The molecule has 1 N–H and O–H groups in total. The van der Waals surface area contributed by atoms with Crippen molar-refractivity contribution in [2.24, 2.45) is 22.7 Å². The standard InChI is InChI=1S/C23H37NOS/c1-22(2,3)16-7-10-18(11-8-16)24-21(25)20-14-15-13-17(23(4,5)6)9-12-19(15)26-20/h14,16-18H,7-13H2,1-6H3,(H,24,25)/t16?,17-,18?/m1/s1. The normalized spacial score (nSPS) is 27.1. The Hall–Kier alpha value is -0.830. The molecule has 2 aliphatic rings. The van der Waals surface area contributed by atoms with Gasteiger partial charge >= 0.3 is 0 Å². The molecule has 0 radical (unpaired) electrons.